The Morgan fingerprint density at radius 1 is 1.19 bits per heavy atom. The fourth-order valence-corrected chi connectivity index (χ4v) is 4.89. The van der Waals surface area contributed by atoms with E-state index in [-0.39, 0.29) is 0 Å². The lowest BCUT2D eigenvalue weighted by Gasteiger charge is -2.12. The first-order valence-electron chi connectivity index (χ1n) is 9.03. The Bertz CT molecular complexity index is 976. The van der Waals surface area contributed by atoms with Crippen molar-refractivity contribution in [1.82, 2.24) is 9.97 Å². The highest BCUT2D eigenvalue weighted by Gasteiger charge is 2.20. The van der Waals surface area contributed by atoms with Crippen LogP contribution in [0.25, 0.3) is 10.2 Å². The zero-order valence-electron chi connectivity index (χ0n) is 15.0. The molecule has 4 nitrogen and oxygen atoms in total. The highest BCUT2D eigenvalue weighted by atomic mass is 35.5. The largest absolute Gasteiger partial charge is 0.260 e. The summed E-state index contributed by atoms with van der Waals surface area (Å²) in [6.07, 6.45) is 5.59. The molecule has 0 spiro atoms. The molecule has 2 aromatic heterocycles. The van der Waals surface area contributed by atoms with Gasteiger partial charge >= 0.3 is 0 Å². The lowest BCUT2D eigenvalue weighted by Crippen LogP contribution is -2.06. The van der Waals surface area contributed by atoms with Crippen LogP contribution in [0, 0.1) is 6.92 Å². The molecule has 0 fully saturated rings. The standard InChI is InChI=1S/C20H21ClN4S/c1-3-16(13-8-10-14(21)11-9-13)24-25-19-18-15-6-4-5-7-17(15)26-20(18)23-12(2)22-19/h8-11H,3-7H2,1-2H3,(H,22,23,25)/b24-16+. The van der Waals surface area contributed by atoms with Crippen molar-refractivity contribution >= 4 is 44.7 Å². The van der Waals surface area contributed by atoms with Crippen molar-refractivity contribution in [2.24, 2.45) is 5.10 Å². The van der Waals surface area contributed by atoms with Gasteiger partial charge in [0.15, 0.2) is 5.82 Å². The fraction of sp³-hybridized carbons (Fsp3) is 0.350. The van der Waals surface area contributed by atoms with E-state index in [2.05, 4.69) is 27.4 Å². The number of aryl methyl sites for hydroxylation is 3. The summed E-state index contributed by atoms with van der Waals surface area (Å²) in [6.45, 7) is 4.04. The topological polar surface area (TPSA) is 50.2 Å². The second-order valence-electron chi connectivity index (χ2n) is 6.54. The van der Waals surface area contributed by atoms with Crippen molar-refractivity contribution in [3.63, 3.8) is 0 Å². The highest BCUT2D eigenvalue weighted by molar-refractivity contribution is 7.19. The molecule has 6 heteroatoms. The molecule has 0 unspecified atom stereocenters. The number of rotatable bonds is 4. The van der Waals surface area contributed by atoms with Crippen LogP contribution in [0.2, 0.25) is 5.02 Å². The van der Waals surface area contributed by atoms with E-state index in [4.69, 9.17) is 11.6 Å². The van der Waals surface area contributed by atoms with Crippen LogP contribution in [0.5, 0.6) is 0 Å². The van der Waals surface area contributed by atoms with Gasteiger partial charge in [-0.3, -0.25) is 5.43 Å². The van der Waals surface area contributed by atoms with Gasteiger partial charge in [-0.2, -0.15) is 5.10 Å². The smallest absolute Gasteiger partial charge is 0.159 e. The molecular weight excluding hydrogens is 364 g/mol. The predicted octanol–water partition coefficient (Wildman–Crippen LogP) is 5.76. The molecule has 0 atom stereocenters. The zero-order chi connectivity index (χ0) is 18.1. The molecule has 134 valence electrons. The second kappa shape index (κ2) is 7.33. The predicted molar refractivity (Wildman–Crippen MR) is 111 cm³/mol. The average molecular weight is 385 g/mol. The number of benzene rings is 1. The minimum atomic E-state index is 0.732. The normalized spacial score (nSPS) is 14.5. The summed E-state index contributed by atoms with van der Waals surface area (Å²) in [5.41, 5.74) is 6.70. The fourth-order valence-electron chi connectivity index (χ4n) is 3.46. The van der Waals surface area contributed by atoms with E-state index in [1.165, 1.54) is 23.3 Å². The van der Waals surface area contributed by atoms with E-state index in [0.29, 0.717) is 0 Å². The molecule has 0 bridgehead atoms. The minimum Gasteiger partial charge on any atom is -0.260 e. The number of hydrogen-bond donors (Lipinski definition) is 1. The van der Waals surface area contributed by atoms with Crippen LogP contribution in [-0.2, 0) is 12.8 Å². The highest BCUT2D eigenvalue weighted by Crippen LogP contribution is 2.38. The van der Waals surface area contributed by atoms with Gasteiger partial charge in [0.1, 0.15) is 10.7 Å². The Hall–Kier alpha value is -1.98. The number of nitrogens with one attached hydrogen (secondary N) is 1. The molecule has 1 aliphatic carbocycles. The van der Waals surface area contributed by atoms with Gasteiger partial charge in [-0.1, -0.05) is 30.7 Å². The lowest BCUT2D eigenvalue weighted by atomic mass is 9.97. The van der Waals surface area contributed by atoms with Crippen LogP contribution >= 0.6 is 22.9 Å². The number of hydrazone groups is 1. The number of fused-ring (bicyclic) bond motifs is 3. The maximum Gasteiger partial charge on any atom is 0.159 e. The molecule has 0 aliphatic heterocycles. The Balaban J connectivity index is 1.74. The first kappa shape index (κ1) is 17.4. The number of nitrogens with zero attached hydrogens (tertiary/aromatic N) is 3. The number of thiophene rings is 1. The third-order valence-corrected chi connectivity index (χ3v) is 6.17. The number of halogens is 1. The van der Waals surface area contributed by atoms with E-state index < -0.39 is 0 Å². The van der Waals surface area contributed by atoms with Crippen molar-refractivity contribution in [3.05, 3.63) is 51.1 Å². The summed E-state index contributed by atoms with van der Waals surface area (Å²) in [6, 6.07) is 7.79. The number of aromatic nitrogens is 2. The molecule has 0 saturated heterocycles. The van der Waals surface area contributed by atoms with Crippen LogP contribution in [-0.4, -0.2) is 15.7 Å². The summed E-state index contributed by atoms with van der Waals surface area (Å²) < 4.78 is 0. The Morgan fingerprint density at radius 2 is 1.96 bits per heavy atom. The van der Waals surface area contributed by atoms with Gasteiger partial charge in [-0.15, -0.1) is 11.3 Å². The van der Waals surface area contributed by atoms with Gasteiger partial charge in [-0.05, 0) is 62.3 Å². The van der Waals surface area contributed by atoms with Gasteiger partial charge in [0.2, 0.25) is 0 Å². The Morgan fingerprint density at radius 3 is 2.73 bits per heavy atom. The SMILES string of the molecule is CC/C(=N\Nc1nc(C)nc2sc3c(c12)CCCC3)c1ccc(Cl)cc1. The third-order valence-electron chi connectivity index (χ3n) is 4.74. The van der Waals surface area contributed by atoms with Crippen LogP contribution < -0.4 is 5.43 Å². The third kappa shape index (κ3) is 3.33. The number of anilines is 1. The van der Waals surface area contributed by atoms with Gasteiger partial charge in [0.25, 0.3) is 0 Å². The monoisotopic (exact) mass is 384 g/mol. The zero-order valence-corrected chi connectivity index (χ0v) is 16.5. The molecular formula is C20H21ClN4S. The molecule has 1 aromatic carbocycles. The Labute approximate surface area is 162 Å². The molecule has 26 heavy (non-hydrogen) atoms. The summed E-state index contributed by atoms with van der Waals surface area (Å²) in [4.78, 5) is 11.9. The lowest BCUT2D eigenvalue weighted by molar-refractivity contribution is 0.700. The molecule has 1 N–H and O–H groups in total. The summed E-state index contributed by atoms with van der Waals surface area (Å²) in [7, 11) is 0. The van der Waals surface area contributed by atoms with Crippen molar-refractivity contribution in [2.75, 3.05) is 5.43 Å². The molecule has 0 saturated carbocycles. The maximum atomic E-state index is 6.00. The summed E-state index contributed by atoms with van der Waals surface area (Å²) in [5, 5.41) is 6.56. The molecule has 1 aliphatic rings. The first-order valence-corrected chi connectivity index (χ1v) is 10.2. The van der Waals surface area contributed by atoms with Crippen LogP contribution in [0.4, 0.5) is 5.82 Å². The van der Waals surface area contributed by atoms with Crippen molar-refractivity contribution in [2.45, 2.75) is 46.0 Å². The van der Waals surface area contributed by atoms with Gasteiger partial charge in [0, 0.05) is 9.90 Å². The van der Waals surface area contributed by atoms with E-state index in [1.54, 1.807) is 0 Å². The van der Waals surface area contributed by atoms with Crippen molar-refractivity contribution in [3.8, 4) is 0 Å². The van der Waals surface area contributed by atoms with E-state index in [9.17, 15) is 0 Å². The van der Waals surface area contributed by atoms with Crippen LogP contribution in [0.1, 0.15) is 48.0 Å². The van der Waals surface area contributed by atoms with Gasteiger partial charge in [-0.25, -0.2) is 9.97 Å². The van der Waals surface area contributed by atoms with Gasteiger partial charge < -0.3 is 0 Å². The van der Waals surface area contributed by atoms with E-state index >= 15 is 0 Å². The average Bonchev–Trinajstić information content (AvgIpc) is 3.01. The number of hydrogen-bond acceptors (Lipinski definition) is 5. The van der Waals surface area contributed by atoms with E-state index in [0.717, 1.165) is 57.4 Å². The molecule has 0 radical (unpaired) electrons. The summed E-state index contributed by atoms with van der Waals surface area (Å²) in [5.74, 6) is 1.60. The maximum absolute atomic E-state index is 6.00. The Kier molecular flexibility index (Phi) is 4.92. The van der Waals surface area contributed by atoms with Crippen LogP contribution in [0.3, 0.4) is 0 Å². The van der Waals surface area contributed by atoms with Crippen molar-refractivity contribution < 1.29 is 0 Å². The van der Waals surface area contributed by atoms with Gasteiger partial charge in [0.05, 0.1) is 11.1 Å². The van der Waals surface area contributed by atoms with Crippen LogP contribution in [0.15, 0.2) is 29.4 Å². The quantitative estimate of drug-likeness (QED) is 0.459. The molecule has 4 rings (SSSR count). The van der Waals surface area contributed by atoms with E-state index in [1.807, 2.05) is 42.5 Å². The molecule has 3 aromatic rings. The second-order valence-corrected chi connectivity index (χ2v) is 8.06. The molecule has 0 amide bonds. The first-order chi connectivity index (χ1) is 12.7. The van der Waals surface area contributed by atoms with Crippen molar-refractivity contribution in [1.29, 1.82) is 0 Å². The minimum absolute atomic E-state index is 0.732. The molecule has 2 heterocycles. The summed E-state index contributed by atoms with van der Waals surface area (Å²) >= 11 is 7.81.